The zero-order chi connectivity index (χ0) is 15.3. The van der Waals surface area contributed by atoms with Gasteiger partial charge in [-0.25, -0.2) is 0 Å². The van der Waals surface area contributed by atoms with Crippen LogP contribution in [0, 0.1) is 0 Å². The number of ether oxygens (including phenoxy) is 1. The highest BCUT2D eigenvalue weighted by atomic mass is 35.5. The first kappa shape index (κ1) is 16.5. The lowest BCUT2D eigenvalue weighted by atomic mass is 10.0. The standard InChI is InChI=1S/C14H18ClNO4/c1-14(2,20-3)8-12(17)16(9-13(18)19)11-6-4-10(15)5-7-11/h4-7H,8-9H2,1-3H3,(H,18,19). The lowest BCUT2D eigenvalue weighted by Crippen LogP contribution is -2.40. The van der Waals surface area contributed by atoms with Crippen molar-refractivity contribution in [2.75, 3.05) is 18.6 Å². The number of hydrogen-bond donors (Lipinski definition) is 1. The predicted molar refractivity (Wildman–Crippen MR) is 77.1 cm³/mol. The number of benzene rings is 1. The van der Waals surface area contributed by atoms with Crippen molar-refractivity contribution >= 4 is 29.2 Å². The largest absolute Gasteiger partial charge is 0.480 e. The number of carboxylic acids is 1. The van der Waals surface area contributed by atoms with E-state index in [1.54, 1.807) is 38.1 Å². The van der Waals surface area contributed by atoms with Crippen LogP contribution in [0.15, 0.2) is 24.3 Å². The van der Waals surface area contributed by atoms with Gasteiger partial charge in [-0.2, -0.15) is 0 Å². The molecule has 0 aromatic heterocycles. The molecule has 0 fully saturated rings. The van der Waals surface area contributed by atoms with Gasteiger partial charge in [0.1, 0.15) is 6.54 Å². The molecule has 5 nitrogen and oxygen atoms in total. The summed E-state index contributed by atoms with van der Waals surface area (Å²) in [7, 11) is 1.51. The normalized spacial score (nSPS) is 11.2. The van der Waals surface area contributed by atoms with Gasteiger partial charge in [0.05, 0.1) is 12.0 Å². The Kier molecular flexibility index (Phi) is 5.53. The highest BCUT2D eigenvalue weighted by Crippen LogP contribution is 2.21. The minimum atomic E-state index is -1.08. The summed E-state index contributed by atoms with van der Waals surface area (Å²) in [6.07, 6.45) is 0.0827. The minimum Gasteiger partial charge on any atom is -0.480 e. The quantitative estimate of drug-likeness (QED) is 0.876. The van der Waals surface area contributed by atoms with Crippen LogP contribution in [0.3, 0.4) is 0 Å². The van der Waals surface area contributed by atoms with Crippen molar-refractivity contribution in [1.82, 2.24) is 0 Å². The summed E-state index contributed by atoms with van der Waals surface area (Å²) in [5.74, 6) is -1.40. The maximum Gasteiger partial charge on any atom is 0.323 e. The molecule has 1 aromatic carbocycles. The van der Waals surface area contributed by atoms with E-state index in [0.29, 0.717) is 10.7 Å². The van der Waals surface area contributed by atoms with Crippen LogP contribution in [0.1, 0.15) is 20.3 Å². The second-order valence-corrected chi connectivity index (χ2v) is 5.43. The molecular weight excluding hydrogens is 282 g/mol. The molecule has 0 unspecified atom stereocenters. The number of aliphatic carboxylic acids is 1. The fraction of sp³-hybridized carbons (Fsp3) is 0.429. The number of carbonyl (C=O) groups is 2. The first-order valence-electron chi connectivity index (χ1n) is 6.08. The molecule has 0 spiro atoms. The molecule has 0 radical (unpaired) electrons. The molecule has 0 aliphatic carbocycles. The van der Waals surface area contributed by atoms with Crippen molar-refractivity contribution in [2.45, 2.75) is 25.9 Å². The van der Waals surface area contributed by atoms with Crippen molar-refractivity contribution in [2.24, 2.45) is 0 Å². The fourth-order valence-electron chi connectivity index (χ4n) is 1.61. The molecule has 110 valence electrons. The zero-order valence-corrected chi connectivity index (χ0v) is 12.5. The summed E-state index contributed by atoms with van der Waals surface area (Å²) in [6, 6.07) is 6.45. The van der Waals surface area contributed by atoms with Gasteiger partial charge in [-0.05, 0) is 38.1 Å². The van der Waals surface area contributed by atoms with E-state index >= 15 is 0 Å². The maximum atomic E-state index is 12.3. The first-order chi connectivity index (χ1) is 9.25. The van der Waals surface area contributed by atoms with Crippen LogP contribution in [-0.4, -0.2) is 36.2 Å². The number of carbonyl (C=O) groups excluding carboxylic acids is 1. The van der Waals surface area contributed by atoms with Gasteiger partial charge in [0.15, 0.2) is 0 Å². The summed E-state index contributed by atoms with van der Waals surface area (Å²) in [4.78, 5) is 24.4. The highest BCUT2D eigenvalue weighted by molar-refractivity contribution is 6.30. The second kappa shape index (κ2) is 6.72. The van der Waals surface area contributed by atoms with Gasteiger partial charge < -0.3 is 14.7 Å². The summed E-state index contributed by atoms with van der Waals surface area (Å²) < 4.78 is 5.20. The van der Waals surface area contributed by atoms with Gasteiger partial charge in [-0.3, -0.25) is 9.59 Å². The van der Waals surface area contributed by atoms with E-state index in [-0.39, 0.29) is 12.3 Å². The van der Waals surface area contributed by atoms with E-state index in [2.05, 4.69) is 0 Å². The molecule has 0 aliphatic heterocycles. The van der Waals surface area contributed by atoms with E-state index in [0.717, 1.165) is 0 Å². The molecule has 6 heteroatoms. The van der Waals surface area contributed by atoms with Crippen molar-refractivity contribution in [1.29, 1.82) is 0 Å². The number of rotatable bonds is 6. The molecule has 0 heterocycles. The third kappa shape index (κ3) is 4.83. The molecule has 0 atom stereocenters. The number of anilines is 1. The molecule has 0 bridgehead atoms. The lowest BCUT2D eigenvalue weighted by molar-refractivity contribution is -0.137. The van der Waals surface area contributed by atoms with Crippen molar-refractivity contribution in [3.05, 3.63) is 29.3 Å². The van der Waals surface area contributed by atoms with Gasteiger partial charge in [0.2, 0.25) is 5.91 Å². The average molecular weight is 300 g/mol. The van der Waals surface area contributed by atoms with Crippen molar-refractivity contribution in [3.8, 4) is 0 Å². The van der Waals surface area contributed by atoms with Gasteiger partial charge in [0, 0.05) is 17.8 Å². The summed E-state index contributed by atoms with van der Waals surface area (Å²) in [5, 5.41) is 9.47. The van der Waals surface area contributed by atoms with Crippen LogP contribution in [0.5, 0.6) is 0 Å². The molecular formula is C14H18ClNO4. The predicted octanol–water partition coefficient (Wildman–Crippen LogP) is 2.57. The fourth-order valence-corrected chi connectivity index (χ4v) is 1.74. The summed E-state index contributed by atoms with van der Waals surface area (Å²) in [6.45, 7) is 3.14. The van der Waals surface area contributed by atoms with Gasteiger partial charge >= 0.3 is 5.97 Å². The van der Waals surface area contributed by atoms with Gasteiger partial charge in [0.25, 0.3) is 0 Å². The molecule has 1 N–H and O–H groups in total. The van der Waals surface area contributed by atoms with Crippen LogP contribution in [0.4, 0.5) is 5.69 Å². The lowest BCUT2D eigenvalue weighted by Gasteiger charge is -2.27. The van der Waals surface area contributed by atoms with E-state index < -0.39 is 18.1 Å². The number of halogens is 1. The van der Waals surface area contributed by atoms with Crippen molar-refractivity contribution in [3.63, 3.8) is 0 Å². The summed E-state index contributed by atoms with van der Waals surface area (Å²) >= 11 is 5.79. The van der Waals surface area contributed by atoms with Crippen LogP contribution in [0.25, 0.3) is 0 Å². The van der Waals surface area contributed by atoms with Crippen LogP contribution in [-0.2, 0) is 14.3 Å². The topological polar surface area (TPSA) is 66.8 Å². The highest BCUT2D eigenvalue weighted by Gasteiger charge is 2.26. The molecule has 0 saturated carbocycles. The average Bonchev–Trinajstić information content (AvgIpc) is 2.36. The Labute approximate surface area is 123 Å². The van der Waals surface area contributed by atoms with Crippen LogP contribution in [0.2, 0.25) is 5.02 Å². The number of carboxylic acid groups (broad SMARTS) is 1. The number of methoxy groups -OCH3 is 1. The van der Waals surface area contributed by atoms with E-state index in [9.17, 15) is 9.59 Å². The molecule has 0 saturated heterocycles. The molecule has 1 rings (SSSR count). The number of nitrogens with zero attached hydrogens (tertiary/aromatic N) is 1. The van der Waals surface area contributed by atoms with E-state index in [4.69, 9.17) is 21.4 Å². The smallest absolute Gasteiger partial charge is 0.323 e. The Morgan fingerprint density at radius 3 is 2.30 bits per heavy atom. The maximum absolute atomic E-state index is 12.3. The van der Waals surface area contributed by atoms with E-state index in [1.165, 1.54) is 12.0 Å². The Bertz CT molecular complexity index is 484. The van der Waals surface area contributed by atoms with Crippen molar-refractivity contribution < 1.29 is 19.4 Å². The zero-order valence-electron chi connectivity index (χ0n) is 11.7. The SMILES string of the molecule is COC(C)(C)CC(=O)N(CC(=O)O)c1ccc(Cl)cc1. The van der Waals surface area contributed by atoms with E-state index in [1.807, 2.05) is 0 Å². The molecule has 0 aliphatic rings. The number of amides is 1. The second-order valence-electron chi connectivity index (χ2n) is 4.99. The van der Waals surface area contributed by atoms with Crippen LogP contribution >= 0.6 is 11.6 Å². The minimum absolute atomic E-state index is 0.0827. The first-order valence-corrected chi connectivity index (χ1v) is 6.46. The monoisotopic (exact) mass is 299 g/mol. The Hall–Kier alpha value is -1.59. The Morgan fingerprint density at radius 2 is 1.85 bits per heavy atom. The molecule has 1 amide bonds. The summed E-state index contributed by atoms with van der Waals surface area (Å²) in [5.41, 5.74) is -0.158. The number of hydrogen-bond acceptors (Lipinski definition) is 3. The molecule has 1 aromatic rings. The third-order valence-electron chi connectivity index (χ3n) is 2.86. The van der Waals surface area contributed by atoms with Crippen LogP contribution < -0.4 is 4.90 Å². The molecule has 20 heavy (non-hydrogen) atoms. The Morgan fingerprint density at radius 1 is 1.30 bits per heavy atom. The third-order valence-corrected chi connectivity index (χ3v) is 3.11. The van der Waals surface area contributed by atoms with Gasteiger partial charge in [-0.15, -0.1) is 0 Å². The Balaban J connectivity index is 2.97. The van der Waals surface area contributed by atoms with Gasteiger partial charge in [-0.1, -0.05) is 11.6 Å².